The molecule has 0 aliphatic heterocycles. The zero-order valence-electron chi connectivity index (χ0n) is 11.9. The fourth-order valence-electron chi connectivity index (χ4n) is 1.46. The van der Waals surface area contributed by atoms with E-state index in [1.807, 2.05) is 31.5 Å². The average molecular weight is 281 g/mol. The lowest BCUT2D eigenvalue weighted by Crippen LogP contribution is -2.12. The van der Waals surface area contributed by atoms with Gasteiger partial charge in [-0.3, -0.25) is 0 Å². The lowest BCUT2D eigenvalue weighted by molar-refractivity contribution is 0.0524. The molecule has 0 aliphatic carbocycles. The Morgan fingerprint density at radius 3 is 2.63 bits per heavy atom. The normalized spacial score (nSPS) is 10.8. The van der Waals surface area contributed by atoms with Crippen molar-refractivity contribution in [1.82, 2.24) is 14.9 Å². The number of thioether (sulfide) groups is 1. The van der Waals surface area contributed by atoms with Crippen LogP contribution in [0.25, 0.3) is 6.08 Å². The summed E-state index contributed by atoms with van der Waals surface area (Å²) >= 11 is 1.44. The van der Waals surface area contributed by atoms with E-state index in [0.717, 1.165) is 0 Å². The van der Waals surface area contributed by atoms with Gasteiger partial charge in [-0.15, -0.1) is 0 Å². The second-order valence-corrected chi connectivity index (χ2v) is 4.83. The first-order chi connectivity index (χ1) is 8.99. The highest BCUT2D eigenvalue weighted by Gasteiger charge is 2.18. The van der Waals surface area contributed by atoms with Gasteiger partial charge in [-0.25, -0.2) is 14.8 Å². The molecule has 1 rings (SSSR count). The van der Waals surface area contributed by atoms with Crippen LogP contribution in [0.15, 0.2) is 11.4 Å². The van der Waals surface area contributed by atoms with Gasteiger partial charge in [-0.2, -0.15) is 0 Å². The smallest absolute Gasteiger partial charge is 0.342 e. The van der Waals surface area contributed by atoms with Crippen molar-refractivity contribution in [3.8, 4) is 0 Å². The topological polar surface area (TPSA) is 55.3 Å². The van der Waals surface area contributed by atoms with Crippen molar-refractivity contribution in [3.63, 3.8) is 0 Å². The predicted octanol–water partition coefficient (Wildman–Crippen LogP) is 2.22. The number of aromatic nitrogens is 2. The molecule has 0 fully saturated rings. The van der Waals surface area contributed by atoms with Crippen molar-refractivity contribution in [1.29, 1.82) is 0 Å². The Kier molecular flexibility index (Phi) is 5.82. The average Bonchev–Trinajstić information content (AvgIpc) is 2.35. The first kappa shape index (κ1) is 15.5. The van der Waals surface area contributed by atoms with Gasteiger partial charge >= 0.3 is 5.97 Å². The first-order valence-electron chi connectivity index (χ1n) is 5.94. The summed E-state index contributed by atoms with van der Waals surface area (Å²) in [4.78, 5) is 22.5. The summed E-state index contributed by atoms with van der Waals surface area (Å²) in [5, 5.41) is 0.643. The fourth-order valence-corrected chi connectivity index (χ4v) is 1.87. The minimum absolute atomic E-state index is 0.333. The highest BCUT2D eigenvalue weighted by Crippen LogP contribution is 2.18. The van der Waals surface area contributed by atoms with Crippen LogP contribution in [0.1, 0.15) is 28.7 Å². The van der Waals surface area contributed by atoms with Crippen molar-refractivity contribution in [3.05, 3.63) is 23.2 Å². The van der Waals surface area contributed by atoms with E-state index in [0.29, 0.717) is 28.7 Å². The lowest BCUT2D eigenvalue weighted by atomic mass is 10.1. The molecule has 0 spiro atoms. The second kappa shape index (κ2) is 7.13. The number of esters is 1. The Labute approximate surface area is 118 Å². The largest absolute Gasteiger partial charge is 0.462 e. The molecule has 1 aromatic rings. The van der Waals surface area contributed by atoms with E-state index in [2.05, 4.69) is 9.97 Å². The number of hydrogen-bond acceptors (Lipinski definition) is 6. The maximum absolute atomic E-state index is 12.0. The molecule has 0 saturated carbocycles. The van der Waals surface area contributed by atoms with E-state index < -0.39 is 0 Å². The van der Waals surface area contributed by atoms with E-state index in [1.54, 1.807) is 19.9 Å². The number of nitrogens with zero attached hydrogens (tertiary/aromatic N) is 3. The van der Waals surface area contributed by atoms with Crippen LogP contribution in [0.3, 0.4) is 0 Å². The Morgan fingerprint density at radius 1 is 1.42 bits per heavy atom. The summed E-state index contributed by atoms with van der Waals surface area (Å²) in [6.07, 6.45) is 5.54. The molecule has 1 heterocycles. The molecule has 0 N–H and O–H groups in total. The van der Waals surface area contributed by atoms with Gasteiger partial charge < -0.3 is 9.64 Å². The number of carbonyl (C=O) groups excluding carboxylic acids is 1. The van der Waals surface area contributed by atoms with Crippen LogP contribution in [0.5, 0.6) is 0 Å². The monoisotopic (exact) mass is 281 g/mol. The summed E-state index contributed by atoms with van der Waals surface area (Å²) in [7, 11) is 3.81. The van der Waals surface area contributed by atoms with Crippen LogP contribution >= 0.6 is 11.8 Å². The highest BCUT2D eigenvalue weighted by atomic mass is 32.2. The van der Waals surface area contributed by atoms with Gasteiger partial charge in [-0.05, 0) is 26.2 Å². The second-order valence-electron chi connectivity index (χ2n) is 4.06. The maximum atomic E-state index is 12.0. The van der Waals surface area contributed by atoms with Gasteiger partial charge in [0.2, 0.25) is 0 Å². The number of rotatable bonds is 5. The summed E-state index contributed by atoms with van der Waals surface area (Å²) < 4.78 is 5.06. The standard InChI is InChI=1S/C13H19N3O2S/c1-6-18-12(17)11-9(2)14-13(19-5)15-10(11)7-8-16(3)4/h7-8H,6H2,1-5H3. The van der Waals surface area contributed by atoms with Crippen molar-refractivity contribution in [2.75, 3.05) is 27.0 Å². The molecule has 19 heavy (non-hydrogen) atoms. The molecule has 0 unspecified atom stereocenters. The number of ether oxygens (including phenoxy) is 1. The van der Waals surface area contributed by atoms with Gasteiger partial charge in [-0.1, -0.05) is 11.8 Å². The molecule has 5 nitrogen and oxygen atoms in total. The SMILES string of the molecule is CCOC(=O)c1c(C)nc(SC)nc1C=CN(C)C. The minimum Gasteiger partial charge on any atom is -0.462 e. The van der Waals surface area contributed by atoms with E-state index in [1.165, 1.54) is 11.8 Å². The summed E-state index contributed by atoms with van der Waals surface area (Å²) in [5.74, 6) is -0.383. The van der Waals surface area contributed by atoms with Crippen LogP contribution in [0.4, 0.5) is 0 Å². The molecular formula is C13H19N3O2S. The third-order valence-corrected chi connectivity index (χ3v) is 2.84. The number of carbonyl (C=O) groups is 1. The van der Waals surface area contributed by atoms with Crippen LogP contribution in [0.2, 0.25) is 0 Å². The van der Waals surface area contributed by atoms with Gasteiger partial charge in [0.15, 0.2) is 5.16 Å². The van der Waals surface area contributed by atoms with Crippen molar-refractivity contribution in [2.24, 2.45) is 0 Å². The van der Waals surface area contributed by atoms with E-state index in [9.17, 15) is 4.79 Å². The Bertz CT molecular complexity index is 487. The maximum Gasteiger partial charge on any atom is 0.342 e. The zero-order valence-corrected chi connectivity index (χ0v) is 12.7. The first-order valence-corrected chi connectivity index (χ1v) is 7.16. The van der Waals surface area contributed by atoms with E-state index in [-0.39, 0.29) is 5.97 Å². The van der Waals surface area contributed by atoms with Gasteiger partial charge in [0.25, 0.3) is 0 Å². The van der Waals surface area contributed by atoms with Crippen molar-refractivity contribution < 1.29 is 9.53 Å². The highest BCUT2D eigenvalue weighted by molar-refractivity contribution is 7.98. The molecule has 0 amide bonds. The molecule has 1 aromatic heterocycles. The fraction of sp³-hybridized carbons (Fsp3) is 0.462. The van der Waals surface area contributed by atoms with Gasteiger partial charge in [0, 0.05) is 20.3 Å². The molecule has 0 saturated heterocycles. The molecule has 0 aliphatic rings. The lowest BCUT2D eigenvalue weighted by Gasteiger charge is -2.10. The molecule has 0 atom stereocenters. The third kappa shape index (κ3) is 4.24. The van der Waals surface area contributed by atoms with Crippen molar-refractivity contribution >= 4 is 23.8 Å². The van der Waals surface area contributed by atoms with Crippen LogP contribution in [-0.2, 0) is 4.74 Å². The number of hydrogen-bond donors (Lipinski definition) is 0. The van der Waals surface area contributed by atoms with Crippen LogP contribution in [0, 0.1) is 6.92 Å². The quantitative estimate of drug-likeness (QED) is 0.468. The molecule has 0 radical (unpaired) electrons. The van der Waals surface area contributed by atoms with Crippen LogP contribution < -0.4 is 0 Å². The summed E-state index contributed by atoms with van der Waals surface area (Å²) in [5.41, 5.74) is 1.65. The Balaban J connectivity index is 3.29. The van der Waals surface area contributed by atoms with Crippen LogP contribution in [-0.4, -0.2) is 47.8 Å². The zero-order chi connectivity index (χ0) is 14.4. The van der Waals surface area contributed by atoms with Gasteiger partial charge in [0.1, 0.15) is 5.56 Å². The molecule has 0 bridgehead atoms. The molecular weight excluding hydrogens is 262 g/mol. The predicted molar refractivity (Wildman–Crippen MR) is 77.2 cm³/mol. The molecule has 0 aromatic carbocycles. The molecule has 6 heteroatoms. The Morgan fingerprint density at radius 2 is 2.11 bits per heavy atom. The molecule has 104 valence electrons. The van der Waals surface area contributed by atoms with Gasteiger partial charge in [0.05, 0.1) is 18.0 Å². The van der Waals surface area contributed by atoms with E-state index >= 15 is 0 Å². The third-order valence-electron chi connectivity index (χ3n) is 2.29. The summed E-state index contributed by atoms with van der Waals surface area (Å²) in [6, 6.07) is 0. The number of aryl methyl sites for hydroxylation is 1. The van der Waals surface area contributed by atoms with Crippen molar-refractivity contribution in [2.45, 2.75) is 19.0 Å². The summed E-state index contributed by atoms with van der Waals surface area (Å²) in [6.45, 7) is 3.90. The van der Waals surface area contributed by atoms with E-state index in [4.69, 9.17) is 4.74 Å². The minimum atomic E-state index is -0.383. The Hall–Kier alpha value is -1.56.